The number of carbonyl (C=O) groups excluding carboxylic acids is 1. The highest BCUT2D eigenvalue weighted by Crippen LogP contribution is 2.23. The second-order valence-electron chi connectivity index (χ2n) is 6.38. The first kappa shape index (κ1) is 20.6. The number of thiazole rings is 2. The molecule has 0 aliphatic rings. The van der Waals surface area contributed by atoms with E-state index in [-0.39, 0.29) is 10.4 Å². The van der Waals surface area contributed by atoms with E-state index in [0.29, 0.717) is 31.3 Å². The maximum atomic E-state index is 12.7. The number of carboxylic acids is 1. The van der Waals surface area contributed by atoms with Crippen molar-refractivity contribution in [3.8, 4) is 5.75 Å². The summed E-state index contributed by atoms with van der Waals surface area (Å²) in [6, 6.07) is 7.02. The van der Waals surface area contributed by atoms with E-state index in [1.807, 2.05) is 0 Å². The number of methoxy groups -OCH3 is 1. The Hall–Kier alpha value is -3.70. The third kappa shape index (κ3) is 4.00. The Morgan fingerprint density at radius 2 is 2.03 bits per heavy atom. The molecule has 0 aliphatic carbocycles. The van der Waals surface area contributed by atoms with E-state index in [2.05, 4.69) is 10.3 Å². The molecule has 158 valence electrons. The summed E-state index contributed by atoms with van der Waals surface area (Å²) in [6.07, 6.45) is 6.00. The van der Waals surface area contributed by atoms with Crippen LogP contribution in [-0.2, 0) is 11.8 Å². The van der Waals surface area contributed by atoms with E-state index in [1.165, 1.54) is 23.9 Å². The van der Waals surface area contributed by atoms with Crippen molar-refractivity contribution in [1.29, 1.82) is 0 Å². The zero-order valence-corrected chi connectivity index (χ0v) is 18.0. The number of aromatic carboxylic acids is 1. The van der Waals surface area contributed by atoms with E-state index in [1.54, 1.807) is 48.0 Å². The topological polar surface area (TPSA) is 115 Å². The summed E-state index contributed by atoms with van der Waals surface area (Å²) in [5, 5.41) is 11.9. The predicted molar refractivity (Wildman–Crippen MR) is 118 cm³/mol. The number of imidazole rings is 1. The monoisotopic (exact) mass is 456 g/mol. The molecule has 4 rings (SSSR count). The van der Waals surface area contributed by atoms with E-state index >= 15 is 0 Å². The summed E-state index contributed by atoms with van der Waals surface area (Å²) in [6.45, 7) is 0. The first-order valence-electron chi connectivity index (χ1n) is 8.91. The Kier molecular flexibility index (Phi) is 5.44. The van der Waals surface area contributed by atoms with Crippen LogP contribution in [0, 0.1) is 0 Å². The molecule has 11 heteroatoms. The molecule has 0 saturated heterocycles. The molecule has 4 aromatic rings. The quantitative estimate of drug-likeness (QED) is 0.465. The normalized spacial score (nSPS) is 12.5. The molecule has 0 fully saturated rings. The average Bonchev–Trinajstić information content (AvgIpc) is 3.40. The van der Waals surface area contributed by atoms with Crippen molar-refractivity contribution in [1.82, 2.24) is 14.0 Å². The minimum Gasteiger partial charge on any atom is -0.495 e. The summed E-state index contributed by atoms with van der Waals surface area (Å²) < 4.78 is 9.07. The Morgan fingerprint density at radius 1 is 1.26 bits per heavy atom. The lowest BCUT2D eigenvalue weighted by atomic mass is 10.3. The Morgan fingerprint density at radius 3 is 2.77 bits per heavy atom. The number of nitrogens with one attached hydrogen (secondary N) is 1. The van der Waals surface area contributed by atoms with Crippen molar-refractivity contribution in [3.05, 3.63) is 66.8 Å². The molecule has 9 nitrogen and oxygen atoms in total. The van der Waals surface area contributed by atoms with Crippen molar-refractivity contribution in [2.75, 3.05) is 12.4 Å². The van der Waals surface area contributed by atoms with Crippen molar-refractivity contribution in [3.63, 3.8) is 0 Å². The number of carboxylic acid groups (broad SMARTS) is 1. The predicted octanol–water partition coefficient (Wildman–Crippen LogP) is 1.11. The van der Waals surface area contributed by atoms with Crippen LogP contribution in [0.3, 0.4) is 0 Å². The fourth-order valence-electron chi connectivity index (χ4n) is 2.88. The van der Waals surface area contributed by atoms with Gasteiger partial charge in [0.15, 0.2) is 4.96 Å². The second-order valence-corrected chi connectivity index (χ2v) is 8.45. The van der Waals surface area contributed by atoms with Crippen LogP contribution in [0.4, 0.5) is 5.69 Å². The third-order valence-corrected chi connectivity index (χ3v) is 6.51. The van der Waals surface area contributed by atoms with Gasteiger partial charge in [-0.1, -0.05) is 23.5 Å². The highest BCUT2D eigenvalue weighted by Gasteiger charge is 2.12. The number of anilines is 1. The molecule has 1 amide bonds. The lowest BCUT2D eigenvalue weighted by Gasteiger charge is -2.07. The van der Waals surface area contributed by atoms with Crippen LogP contribution >= 0.6 is 22.7 Å². The SMILES string of the molecule is COc1ccccc1NC(=O)/C=c1/s/c(=C\c2cnc3sc(C(=O)O)cn23)c(=O)n1C. The van der Waals surface area contributed by atoms with Gasteiger partial charge in [-0.2, -0.15) is 0 Å². The number of benzene rings is 1. The van der Waals surface area contributed by atoms with E-state index in [4.69, 9.17) is 9.84 Å². The second kappa shape index (κ2) is 8.20. The van der Waals surface area contributed by atoms with Crippen molar-refractivity contribution in [2.45, 2.75) is 0 Å². The van der Waals surface area contributed by atoms with Crippen LogP contribution in [-0.4, -0.2) is 38.0 Å². The number of para-hydroxylation sites is 2. The fourth-order valence-corrected chi connectivity index (χ4v) is 4.70. The van der Waals surface area contributed by atoms with Gasteiger partial charge >= 0.3 is 5.97 Å². The minimum atomic E-state index is -1.04. The first-order valence-corrected chi connectivity index (χ1v) is 10.5. The molecule has 0 saturated carbocycles. The number of nitrogens with zero attached hydrogens (tertiary/aromatic N) is 3. The van der Waals surface area contributed by atoms with Gasteiger partial charge in [0.25, 0.3) is 11.5 Å². The van der Waals surface area contributed by atoms with Crippen molar-refractivity contribution in [2.24, 2.45) is 7.05 Å². The lowest BCUT2D eigenvalue weighted by Crippen LogP contribution is -2.29. The molecular formula is C20H16N4O5S2. The van der Waals surface area contributed by atoms with E-state index in [9.17, 15) is 14.4 Å². The molecule has 0 spiro atoms. The number of hydrogen-bond acceptors (Lipinski definition) is 7. The number of hydrogen-bond donors (Lipinski definition) is 2. The highest BCUT2D eigenvalue weighted by molar-refractivity contribution is 7.18. The van der Waals surface area contributed by atoms with Crippen LogP contribution in [0.25, 0.3) is 17.1 Å². The number of rotatable bonds is 5. The van der Waals surface area contributed by atoms with Crippen molar-refractivity contribution >= 4 is 57.4 Å². The lowest BCUT2D eigenvalue weighted by molar-refractivity contribution is -0.110. The average molecular weight is 457 g/mol. The fraction of sp³-hybridized carbons (Fsp3) is 0.100. The van der Waals surface area contributed by atoms with Gasteiger partial charge in [-0.15, -0.1) is 11.3 Å². The molecule has 2 N–H and O–H groups in total. The summed E-state index contributed by atoms with van der Waals surface area (Å²) in [7, 11) is 3.09. The molecule has 31 heavy (non-hydrogen) atoms. The number of ether oxygens (including phenoxy) is 1. The number of aromatic nitrogens is 3. The van der Waals surface area contributed by atoms with Crippen LogP contribution in [0.5, 0.6) is 5.75 Å². The molecular weight excluding hydrogens is 440 g/mol. The molecule has 0 atom stereocenters. The van der Waals surface area contributed by atoms with Gasteiger partial charge in [-0.25, -0.2) is 9.78 Å². The smallest absolute Gasteiger partial charge is 0.347 e. The standard InChI is InChI=1S/C20H16N4O5S2/c1-23-17(8-16(25)22-12-5-3-4-6-13(12)29-2)30-14(18(23)26)7-11-9-21-20-24(11)10-15(31-20)19(27)28/h3-10H,1-2H3,(H,22,25)(H,27,28)/b14-7-,17-8+. The molecule has 3 heterocycles. The molecule has 3 aromatic heterocycles. The molecule has 0 radical (unpaired) electrons. The molecule has 1 aromatic carbocycles. The van der Waals surface area contributed by atoms with Crippen LogP contribution in [0.2, 0.25) is 0 Å². The Balaban J connectivity index is 1.71. The van der Waals surface area contributed by atoms with Crippen molar-refractivity contribution < 1.29 is 19.4 Å². The van der Waals surface area contributed by atoms with Gasteiger partial charge in [-0.3, -0.25) is 14.0 Å². The van der Waals surface area contributed by atoms with Gasteiger partial charge in [0, 0.05) is 19.3 Å². The zero-order valence-electron chi connectivity index (χ0n) is 16.4. The maximum absolute atomic E-state index is 12.7. The summed E-state index contributed by atoms with van der Waals surface area (Å²) in [5.74, 6) is -0.908. The van der Waals surface area contributed by atoms with Gasteiger partial charge in [0.2, 0.25) is 0 Å². The summed E-state index contributed by atoms with van der Waals surface area (Å²) >= 11 is 2.19. The largest absolute Gasteiger partial charge is 0.495 e. The summed E-state index contributed by atoms with van der Waals surface area (Å²) in [5.41, 5.74) is 0.820. The summed E-state index contributed by atoms with van der Waals surface area (Å²) in [4.78, 5) is 41.2. The zero-order chi connectivity index (χ0) is 22.1. The first-order chi connectivity index (χ1) is 14.9. The Labute approximate surface area is 182 Å². The number of amides is 1. The number of fused-ring (bicyclic) bond motifs is 1. The van der Waals surface area contributed by atoms with Crippen LogP contribution in [0.1, 0.15) is 15.4 Å². The van der Waals surface area contributed by atoms with Gasteiger partial charge in [0.05, 0.1) is 29.2 Å². The van der Waals surface area contributed by atoms with E-state index < -0.39 is 11.9 Å². The molecule has 0 aliphatic heterocycles. The van der Waals surface area contributed by atoms with Crippen LogP contribution < -0.4 is 24.8 Å². The van der Waals surface area contributed by atoms with Gasteiger partial charge in [-0.05, 0) is 18.2 Å². The highest BCUT2D eigenvalue weighted by atomic mass is 32.1. The molecule has 0 unspecified atom stereocenters. The molecule has 0 bridgehead atoms. The third-order valence-electron chi connectivity index (χ3n) is 4.41. The van der Waals surface area contributed by atoms with Crippen LogP contribution in [0.15, 0.2) is 41.5 Å². The Bertz CT molecular complexity index is 1490. The van der Waals surface area contributed by atoms with Gasteiger partial charge in [0.1, 0.15) is 15.3 Å². The minimum absolute atomic E-state index is 0.152. The van der Waals surface area contributed by atoms with E-state index in [0.717, 1.165) is 22.7 Å². The van der Waals surface area contributed by atoms with Gasteiger partial charge < -0.3 is 19.7 Å². The maximum Gasteiger partial charge on any atom is 0.347 e. The number of carbonyl (C=O) groups is 2.